The molecule has 1 rings (SSSR count). The predicted molar refractivity (Wildman–Crippen MR) is 132 cm³/mol. The number of hydrogen-bond acceptors (Lipinski definition) is 4. The third-order valence-electron chi connectivity index (χ3n) is 6.67. The molecule has 0 saturated carbocycles. The molecule has 1 aromatic carbocycles. The van der Waals surface area contributed by atoms with Gasteiger partial charge in [0.05, 0.1) is 25.9 Å². The van der Waals surface area contributed by atoms with E-state index in [0.29, 0.717) is 6.61 Å². The van der Waals surface area contributed by atoms with Crippen molar-refractivity contribution in [1.82, 2.24) is 0 Å². The van der Waals surface area contributed by atoms with Gasteiger partial charge in [0.1, 0.15) is 12.0 Å². The molecule has 0 unspecified atom stereocenters. The fraction of sp³-hybridized carbons (Fsp3) is 0.654. The predicted octanol–water partition coefficient (Wildman–Crippen LogP) is 6.65. The van der Waals surface area contributed by atoms with Crippen LogP contribution in [0.5, 0.6) is 5.75 Å². The topological polar surface area (TPSA) is 44.8 Å². The number of rotatable bonds is 13. The lowest BCUT2D eigenvalue weighted by atomic mass is 9.85. The molecule has 0 fully saturated rings. The molecule has 0 aliphatic heterocycles. The van der Waals surface area contributed by atoms with E-state index < -0.39 is 8.32 Å². The van der Waals surface area contributed by atoms with Crippen molar-refractivity contribution < 1.29 is 18.7 Å². The fourth-order valence-electron chi connectivity index (χ4n) is 3.59. The SMILES string of the molecule is C=C[C@@H](O[Si](C)(C)C(C)(C)C)[C@H](C)C[C@H](C)[C@H](OCc1ccc(OC)cc1)[C@@H](C)C=O. The minimum Gasteiger partial charge on any atom is -0.497 e. The Hall–Kier alpha value is -1.43. The molecule has 31 heavy (non-hydrogen) atoms. The van der Waals surface area contributed by atoms with Gasteiger partial charge >= 0.3 is 0 Å². The second kappa shape index (κ2) is 12.0. The number of carbonyl (C=O) groups is 1. The van der Waals surface area contributed by atoms with Crippen LogP contribution in [0.25, 0.3) is 0 Å². The molecule has 0 saturated heterocycles. The third-order valence-corrected chi connectivity index (χ3v) is 11.1. The van der Waals surface area contributed by atoms with Gasteiger partial charge < -0.3 is 18.7 Å². The van der Waals surface area contributed by atoms with Crippen molar-refractivity contribution >= 4 is 14.6 Å². The molecule has 0 aliphatic carbocycles. The molecule has 1 aromatic rings. The first-order valence-electron chi connectivity index (χ1n) is 11.4. The van der Waals surface area contributed by atoms with E-state index in [1.807, 2.05) is 37.3 Å². The van der Waals surface area contributed by atoms with Crippen LogP contribution in [-0.4, -0.2) is 33.9 Å². The van der Waals surface area contributed by atoms with E-state index in [0.717, 1.165) is 24.0 Å². The van der Waals surface area contributed by atoms with Gasteiger partial charge in [-0.05, 0) is 54.1 Å². The normalized spacial score (nSPS) is 17.3. The lowest BCUT2D eigenvalue weighted by molar-refractivity contribution is -0.118. The van der Waals surface area contributed by atoms with Crippen molar-refractivity contribution in [3.05, 3.63) is 42.5 Å². The number of carbonyl (C=O) groups excluding carboxylic acids is 1. The second-order valence-electron chi connectivity index (χ2n) is 10.4. The monoisotopic (exact) mass is 448 g/mol. The average molecular weight is 449 g/mol. The Morgan fingerprint density at radius 3 is 2.10 bits per heavy atom. The highest BCUT2D eigenvalue weighted by molar-refractivity contribution is 6.74. The minimum absolute atomic E-state index is 0.00267. The summed E-state index contributed by atoms with van der Waals surface area (Å²) in [5, 5.41) is 0.148. The molecule has 0 N–H and O–H groups in total. The van der Waals surface area contributed by atoms with Gasteiger partial charge in [-0.3, -0.25) is 0 Å². The summed E-state index contributed by atoms with van der Waals surface area (Å²) in [5.41, 5.74) is 1.06. The third kappa shape index (κ3) is 8.21. The van der Waals surface area contributed by atoms with E-state index in [1.54, 1.807) is 7.11 Å². The lowest BCUT2D eigenvalue weighted by Gasteiger charge is -2.40. The van der Waals surface area contributed by atoms with Gasteiger partial charge in [-0.15, -0.1) is 6.58 Å². The van der Waals surface area contributed by atoms with Gasteiger partial charge in [-0.2, -0.15) is 0 Å². The number of aldehydes is 1. The Morgan fingerprint density at radius 2 is 1.65 bits per heavy atom. The Labute approximate surface area is 191 Å². The molecule has 0 radical (unpaired) electrons. The summed E-state index contributed by atoms with van der Waals surface area (Å²) in [4.78, 5) is 11.6. The Bertz CT molecular complexity index is 678. The number of hydrogen-bond donors (Lipinski definition) is 0. The van der Waals surface area contributed by atoms with Gasteiger partial charge in [-0.25, -0.2) is 0 Å². The summed E-state index contributed by atoms with van der Waals surface area (Å²) in [6.45, 7) is 22.1. The zero-order valence-corrected chi connectivity index (χ0v) is 22.1. The van der Waals surface area contributed by atoms with Crippen LogP contribution in [0.15, 0.2) is 36.9 Å². The van der Waals surface area contributed by atoms with Gasteiger partial charge in [0.25, 0.3) is 0 Å². The second-order valence-corrected chi connectivity index (χ2v) is 15.1. The van der Waals surface area contributed by atoms with E-state index in [4.69, 9.17) is 13.9 Å². The highest BCUT2D eigenvalue weighted by Crippen LogP contribution is 2.39. The van der Waals surface area contributed by atoms with Crippen molar-refractivity contribution in [3.63, 3.8) is 0 Å². The molecule has 5 atom stereocenters. The van der Waals surface area contributed by atoms with E-state index in [-0.39, 0.29) is 35.0 Å². The number of ether oxygens (including phenoxy) is 2. The first-order valence-corrected chi connectivity index (χ1v) is 14.3. The zero-order chi connectivity index (χ0) is 23.8. The van der Waals surface area contributed by atoms with Crippen LogP contribution in [0.3, 0.4) is 0 Å². The van der Waals surface area contributed by atoms with E-state index in [9.17, 15) is 4.79 Å². The summed E-state index contributed by atoms with van der Waals surface area (Å²) in [6, 6.07) is 7.84. The molecule has 0 spiro atoms. The maximum atomic E-state index is 11.6. The van der Waals surface area contributed by atoms with Gasteiger partial charge in [0.15, 0.2) is 8.32 Å². The molecule has 5 heteroatoms. The number of methoxy groups -OCH3 is 1. The molecule has 176 valence electrons. The van der Waals surface area contributed by atoms with Crippen LogP contribution in [0.4, 0.5) is 0 Å². The molecule has 0 amide bonds. The highest BCUT2D eigenvalue weighted by Gasteiger charge is 2.40. The van der Waals surface area contributed by atoms with Crippen LogP contribution in [-0.2, 0) is 20.6 Å². The fourth-order valence-corrected chi connectivity index (χ4v) is 4.96. The molecular weight excluding hydrogens is 404 g/mol. The first-order chi connectivity index (χ1) is 14.4. The molecular formula is C26H44O4Si. The van der Waals surface area contributed by atoms with Gasteiger partial charge in [0.2, 0.25) is 0 Å². The quantitative estimate of drug-likeness (QED) is 0.192. The van der Waals surface area contributed by atoms with Crippen molar-refractivity contribution in [3.8, 4) is 5.75 Å². The van der Waals surface area contributed by atoms with Crippen molar-refractivity contribution in [2.45, 2.75) is 84.9 Å². The molecule has 0 heterocycles. The summed E-state index contributed by atoms with van der Waals surface area (Å²) >= 11 is 0. The highest BCUT2D eigenvalue weighted by atomic mass is 28.4. The van der Waals surface area contributed by atoms with Crippen molar-refractivity contribution in [2.24, 2.45) is 17.8 Å². The molecule has 0 aliphatic rings. The summed E-state index contributed by atoms with van der Waals surface area (Å²) in [6.07, 6.45) is 3.68. The van der Waals surface area contributed by atoms with E-state index in [1.165, 1.54) is 0 Å². The zero-order valence-electron chi connectivity index (χ0n) is 21.1. The van der Waals surface area contributed by atoms with E-state index in [2.05, 4.69) is 54.3 Å². The Balaban J connectivity index is 2.83. The van der Waals surface area contributed by atoms with Gasteiger partial charge in [-0.1, -0.05) is 59.8 Å². The largest absolute Gasteiger partial charge is 0.497 e. The standard InChI is InChI=1S/C26H44O4Si/c1-11-24(30-31(9,10)26(5,6)7)19(2)16-20(3)25(21(4)17-27)29-18-22-12-14-23(28-8)15-13-22/h11-15,17,19-21,24-25H,1,16,18H2,2-10H3/t19-,20+,21+,24-,25+/m1/s1. The summed E-state index contributed by atoms with van der Waals surface area (Å²) in [7, 11) is -0.241. The first kappa shape index (κ1) is 27.6. The molecule has 0 aromatic heterocycles. The van der Waals surface area contributed by atoms with Crippen LogP contribution in [0, 0.1) is 17.8 Å². The maximum Gasteiger partial charge on any atom is 0.192 e. The van der Waals surface area contributed by atoms with Crippen molar-refractivity contribution in [1.29, 1.82) is 0 Å². The Kier molecular flexibility index (Phi) is 10.7. The number of benzene rings is 1. The van der Waals surface area contributed by atoms with Crippen LogP contribution < -0.4 is 4.74 Å². The van der Waals surface area contributed by atoms with Gasteiger partial charge in [0, 0.05) is 5.92 Å². The lowest BCUT2D eigenvalue weighted by Crippen LogP contribution is -2.45. The van der Waals surface area contributed by atoms with Crippen LogP contribution >= 0.6 is 0 Å². The van der Waals surface area contributed by atoms with Crippen molar-refractivity contribution in [2.75, 3.05) is 7.11 Å². The Morgan fingerprint density at radius 1 is 1.06 bits per heavy atom. The average Bonchev–Trinajstić information content (AvgIpc) is 2.71. The maximum absolute atomic E-state index is 11.6. The van der Waals surface area contributed by atoms with Crippen LogP contribution in [0.1, 0.15) is 53.5 Å². The van der Waals surface area contributed by atoms with Crippen LogP contribution in [0.2, 0.25) is 18.1 Å². The molecule has 4 nitrogen and oxygen atoms in total. The summed E-state index contributed by atoms with van der Waals surface area (Å²) in [5.74, 6) is 1.14. The smallest absolute Gasteiger partial charge is 0.192 e. The minimum atomic E-state index is -1.89. The summed E-state index contributed by atoms with van der Waals surface area (Å²) < 4.78 is 18.1. The molecule has 0 bridgehead atoms. The van der Waals surface area contributed by atoms with E-state index >= 15 is 0 Å².